The quantitative estimate of drug-likeness (QED) is 0.511. The van der Waals surface area contributed by atoms with Crippen molar-refractivity contribution in [1.29, 1.82) is 0 Å². The molecule has 1 fully saturated rings. The number of aromatic nitrogens is 2. The van der Waals surface area contributed by atoms with Gasteiger partial charge in [0.15, 0.2) is 8.45 Å². The molecule has 32 heavy (non-hydrogen) atoms. The number of ether oxygens (including phenoxy) is 1. The topological polar surface area (TPSA) is 79.8 Å². The Morgan fingerprint density at radius 2 is 1.56 bits per heavy atom. The maximum atomic E-state index is 12.5. The van der Waals surface area contributed by atoms with Crippen LogP contribution in [0.15, 0.2) is 15.8 Å². The van der Waals surface area contributed by atoms with E-state index in [1.807, 2.05) is 0 Å². The molecule has 0 aromatic carbocycles. The van der Waals surface area contributed by atoms with E-state index < -0.39 is 20.4 Å². The summed E-state index contributed by atoms with van der Waals surface area (Å²) in [6.45, 7) is 21.5. The number of nitrogens with one attached hydrogen (secondary N) is 1. The van der Waals surface area contributed by atoms with Crippen molar-refractivity contribution in [3.8, 4) is 0 Å². The van der Waals surface area contributed by atoms with Crippen molar-refractivity contribution in [1.82, 2.24) is 18.9 Å². The first-order valence-corrected chi connectivity index (χ1v) is 13.1. The zero-order valence-corrected chi connectivity index (χ0v) is 22.3. The van der Waals surface area contributed by atoms with Gasteiger partial charge in [-0.3, -0.25) is 14.3 Å². The van der Waals surface area contributed by atoms with Crippen LogP contribution in [0.4, 0.5) is 0 Å². The summed E-state index contributed by atoms with van der Waals surface area (Å²) in [5.74, 6) is 0. The molecule has 1 aliphatic rings. The number of aryl methyl sites for hydroxylation is 1. The number of aromatic amines is 1. The second kappa shape index (κ2) is 11.4. The number of nitrogens with zero attached hydrogens (tertiary/aromatic N) is 3. The SMILES string of the molecule is CC[C@H]1O[C@@H](n2cc(C)c(=O)[nH]c2=O)C[C@H]1OP(N(C(C)C)C(C)C)N(C(C)C)C(C)C. The largest absolute Gasteiger partial charge is 0.352 e. The molecule has 0 spiro atoms. The van der Waals surface area contributed by atoms with Crippen LogP contribution in [0.3, 0.4) is 0 Å². The molecule has 0 amide bonds. The summed E-state index contributed by atoms with van der Waals surface area (Å²) in [5.41, 5.74) is -0.314. The zero-order chi connectivity index (χ0) is 24.3. The minimum Gasteiger partial charge on any atom is -0.352 e. The fraction of sp³-hybridized carbons (Fsp3) is 0.826. The molecule has 0 radical (unpaired) electrons. The molecule has 0 saturated carbocycles. The van der Waals surface area contributed by atoms with Gasteiger partial charge in [0, 0.05) is 42.3 Å². The van der Waals surface area contributed by atoms with Crippen LogP contribution in [0.5, 0.6) is 0 Å². The van der Waals surface area contributed by atoms with Crippen LogP contribution in [-0.2, 0) is 9.26 Å². The Hall–Kier alpha value is -1.05. The van der Waals surface area contributed by atoms with Crippen LogP contribution in [0, 0.1) is 6.92 Å². The fourth-order valence-electron chi connectivity index (χ4n) is 4.48. The zero-order valence-electron chi connectivity index (χ0n) is 21.5. The lowest BCUT2D eigenvalue weighted by Gasteiger charge is -2.46. The predicted molar refractivity (Wildman–Crippen MR) is 131 cm³/mol. The summed E-state index contributed by atoms with van der Waals surface area (Å²) in [4.78, 5) is 26.6. The molecule has 3 atom stereocenters. The van der Waals surface area contributed by atoms with Gasteiger partial charge in [-0.1, -0.05) is 6.92 Å². The van der Waals surface area contributed by atoms with E-state index in [0.717, 1.165) is 6.42 Å². The summed E-state index contributed by atoms with van der Waals surface area (Å²) in [5, 5.41) is 0. The number of hydrogen-bond donors (Lipinski definition) is 1. The van der Waals surface area contributed by atoms with E-state index in [2.05, 4.69) is 76.6 Å². The van der Waals surface area contributed by atoms with Crippen molar-refractivity contribution in [3.63, 3.8) is 0 Å². The van der Waals surface area contributed by atoms with E-state index in [1.165, 1.54) is 4.57 Å². The highest BCUT2D eigenvalue weighted by Gasteiger charge is 2.42. The van der Waals surface area contributed by atoms with Gasteiger partial charge in [-0.05, 0) is 68.7 Å². The van der Waals surface area contributed by atoms with Gasteiger partial charge in [0.1, 0.15) is 6.23 Å². The molecule has 1 saturated heterocycles. The van der Waals surface area contributed by atoms with Gasteiger partial charge in [-0.25, -0.2) is 14.1 Å². The van der Waals surface area contributed by atoms with Crippen LogP contribution in [0.25, 0.3) is 0 Å². The molecule has 0 aliphatic carbocycles. The van der Waals surface area contributed by atoms with E-state index in [0.29, 0.717) is 36.2 Å². The third-order valence-corrected chi connectivity index (χ3v) is 8.88. The smallest absolute Gasteiger partial charge is 0.330 e. The van der Waals surface area contributed by atoms with Gasteiger partial charge >= 0.3 is 5.69 Å². The Kier molecular flexibility index (Phi) is 9.68. The Labute approximate surface area is 194 Å². The van der Waals surface area contributed by atoms with Gasteiger partial charge in [-0.2, -0.15) is 0 Å². The predicted octanol–water partition coefficient (Wildman–Crippen LogP) is 4.39. The lowest BCUT2D eigenvalue weighted by Crippen LogP contribution is -2.44. The normalized spacial score (nSPS) is 22.1. The first-order valence-electron chi connectivity index (χ1n) is 11.9. The average Bonchev–Trinajstić information content (AvgIpc) is 3.06. The third kappa shape index (κ3) is 6.09. The molecule has 9 heteroatoms. The van der Waals surface area contributed by atoms with Gasteiger partial charge < -0.3 is 9.26 Å². The molecule has 2 rings (SSSR count). The van der Waals surface area contributed by atoms with Crippen molar-refractivity contribution < 1.29 is 9.26 Å². The molecular formula is C23H43N4O4P. The number of H-pyrrole nitrogens is 1. The molecule has 0 unspecified atom stereocenters. The van der Waals surface area contributed by atoms with E-state index in [4.69, 9.17) is 9.26 Å². The van der Waals surface area contributed by atoms with E-state index in [9.17, 15) is 9.59 Å². The minimum absolute atomic E-state index is 0.119. The lowest BCUT2D eigenvalue weighted by molar-refractivity contribution is -0.0194. The van der Waals surface area contributed by atoms with Crippen molar-refractivity contribution >= 4 is 8.45 Å². The van der Waals surface area contributed by atoms with Crippen molar-refractivity contribution in [3.05, 3.63) is 32.6 Å². The van der Waals surface area contributed by atoms with E-state index >= 15 is 0 Å². The average molecular weight is 471 g/mol. The summed E-state index contributed by atoms with van der Waals surface area (Å²) in [6, 6.07) is 1.29. The van der Waals surface area contributed by atoms with Gasteiger partial charge in [0.2, 0.25) is 0 Å². The molecule has 2 heterocycles. The van der Waals surface area contributed by atoms with E-state index in [1.54, 1.807) is 13.1 Å². The van der Waals surface area contributed by atoms with Crippen LogP contribution in [-0.4, -0.2) is 55.3 Å². The number of hydrogen-bond acceptors (Lipinski definition) is 6. The Morgan fingerprint density at radius 3 is 2.00 bits per heavy atom. The Morgan fingerprint density at radius 1 is 1.06 bits per heavy atom. The maximum absolute atomic E-state index is 12.5. The Bertz CT molecular complexity index is 815. The van der Waals surface area contributed by atoms with Crippen molar-refractivity contribution in [2.75, 3.05) is 0 Å². The van der Waals surface area contributed by atoms with Gasteiger partial charge in [0.05, 0.1) is 12.2 Å². The van der Waals surface area contributed by atoms with Gasteiger partial charge in [-0.15, -0.1) is 0 Å². The highest BCUT2D eigenvalue weighted by atomic mass is 31.2. The standard InChI is InChI=1S/C23H43N4O4P/c1-11-19-20(12-21(30-19)25-13-18(10)22(28)24-23(25)29)31-32(26(14(2)3)15(4)5)27(16(6)7)17(8)9/h13-17,19-21H,11-12H2,1-10H3,(H,24,28,29)/t19-,20-,21-/m1/s1. The summed E-state index contributed by atoms with van der Waals surface area (Å²) < 4.78 is 19.6. The molecule has 184 valence electrons. The van der Waals surface area contributed by atoms with Crippen molar-refractivity contribution in [2.45, 2.75) is 125 Å². The van der Waals surface area contributed by atoms with Crippen LogP contribution < -0.4 is 11.2 Å². The second-order valence-electron chi connectivity index (χ2n) is 9.78. The van der Waals surface area contributed by atoms with Crippen molar-refractivity contribution in [2.24, 2.45) is 0 Å². The molecule has 1 N–H and O–H groups in total. The maximum Gasteiger partial charge on any atom is 0.330 e. The lowest BCUT2D eigenvalue weighted by atomic mass is 10.1. The number of rotatable bonds is 10. The first-order chi connectivity index (χ1) is 14.9. The monoisotopic (exact) mass is 470 g/mol. The summed E-state index contributed by atoms with van der Waals surface area (Å²) in [7, 11) is -1.05. The second-order valence-corrected chi connectivity index (χ2v) is 11.4. The van der Waals surface area contributed by atoms with E-state index in [-0.39, 0.29) is 17.8 Å². The third-order valence-electron chi connectivity index (χ3n) is 5.78. The molecule has 8 nitrogen and oxygen atoms in total. The summed E-state index contributed by atoms with van der Waals surface area (Å²) >= 11 is 0. The highest BCUT2D eigenvalue weighted by molar-refractivity contribution is 7.47. The Balaban J connectivity index is 2.40. The molecule has 1 aliphatic heterocycles. The highest BCUT2D eigenvalue weighted by Crippen LogP contribution is 2.53. The molecule has 1 aromatic heterocycles. The summed E-state index contributed by atoms with van der Waals surface area (Å²) in [6.07, 6.45) is 2.22. The van der Waals surface area contributed by atoms with Crippen LogP contribution >= 0.6 is 8.45 Å². The fourth-order valence-corrected chi connectivity index (χ4v) is 6.98. The first kappa shape index (κ1) is 27.2. The molecular weight excluding hydrogens is 427 g/mol. The molecule has 0 bridgehead atoms. The van der Waals surface area contributed by atoms with Crippen LogP contribution in [0.1, 0.15) is 86.9 Å². The van der Waals surface area contributed by atoms with Gasteiger partial charge in [0.25, 0.3) is 5.56 Å². The molecule has 1 aromatic rings. The van der Waals surface area contributed by atoms with Crippen LogP contribution in [0.2, 0.25) is 0 Å². The minimum atomic E-state index is -1.05.